The first-order valence-electron chi connectivity index (χ1n) is 6.39. The van der Waals surface area contributed by atoms with E-state index in [4.69, 9.17) is 5.73 Å². The van der Waals surface area contributed by atoms with Crippen molar-refractivity contribution < 1.29 is 4.79 Å². The molecule has 0 aromatic carbocycles. The largest absolute Gasteiger partial charge is 0.340 e. The second-order valence-corrected chi connectivity index (χ2v) is 5.25. The zero-order valence-electron chi connectivity index (χ0n) is 10.2. The number of nitrogens with zero attached hydrogens (tertiary/aromatic N) is 2. The Balaban J connectivity index is 1.86. The SMILES string of the molecule is CN1CCN(C(=O)C2CCCC(N)C2)CC1. The third-order valence-electron chi connectivity index (χ3n) is 3.88. The van der Waals surface area contributed by atoms with Gasteiger partial charge >= 0.3 is 0 Å². The van der Waals surface area contributed by atoms with Gasteiger partial charge in [-0.3, -0.25) is 4.79 Å². The molecule has 1 aliphatic heterocycles. The van der Waals surface area contributed by atoms with E-state index in [0.29, 0.717) is 5.91 Å². The molecule has 2 N–H and O–H groups in total. The van der Waals surface area contributed by atoms with Crippen LogP contribution in [0.15, 0.2) is 0 Å². The lowest BCUT2D eigenvalue weighted by Crippen LogP contribution is -2.50. The molecule has 4 nitrogen and oxygen atoms in total. The predicted octanol–water partition coefficient (Wildman–Crippen LogP) is 0.278. The van der Waals surface area contributed by atoms with Gasteiger partial charge in [0.1, 0.15) is 0 Å². The van der Waals surface area contributed by atoms with Crippen LogP contribution in [0.2, 0.25) is 0 Å². The van der Waals surface area contributed by atoms with Crippen molar-refractivity contribution in [1.82, 2.24) is 9.80 Å². The van der Waals surface area contributed by atoms with Gasteiger partial charge in [0.2, 0.25) is 5.91 Å². The molecular weight excluding hydrogens is 202 g/mol. The molecule has 0 aromatic rings. The molecule has 4 heteroatoms. The van der Waals surface area contributed by atoms with Crippen molar-refractivity contribution in [1.29, 1.82) is 0 Å². The number of hydrogen-bond acceptors (Lipinski definition) is 3. The summed E-state index contributed by atoms with van der Waals surface area (Å²) in [6, 6.07) is 0.246. The molecule has 2 unspecified atom stereocenters. The van der Waals surface area contributed by atoms with Gasteiger partial charge in [0, 0.05) is 38.1 Å². The quantitative estimate of drug-likeness (QED) is 0.697. The molecule has 0 aromatic heterocycles. The number of piperazine rings is 1. The highest BCUT2D eigenvalue weighted by Gasteiger charge is 2.29. The maximum Gasteiger partial charge on any atom is 0.225 e. The fraction of sp³-hybridized carbons (Fsp3) is 0.917. The monoisotopic (exact) mass is 225 g/mol. The van der Waals surface area contributed by atoms with E-state index in [0.717, 1.165) is 51.9 Å². The Kier molecular flexibility index (Phi) is 3.82. The standard InChI is InChI=1S/C12H23N3O/c1-14-5-7-15(8-6-14)12(16)10-3-2-4-11(13)9-10/h10-11H,2-9,13H2,1H3. The second-order valence-electron chi connectivity index (χ2n) is 5.25. The zero-order chi connectivity index (χ0) is 11.5. The summed E-state index contributed by atoms with van der Waals surface area (Å²) >= 11 is 0. The zero-order valence-corrected chi connectivity index (χ0v) is 10.2. The Morgan fingerprint density at radius 3 is 2.50 bits per heavy atom. The minimum Gasteiger partial charge on any atom is -0.340 e. The van der Waals surface area contributed by atoms with Gasteiger partial charge < -0.3 is 15.5 Å². The normalized spacial score (nSPS) is 32.8. The first kappa shape index (κ1) is 11.9. The maximum atomic E-state index is 12.3. The summed E-state index contributed by atoms with van der Waals surface area (Å²) in [7, 11) is 2.11. The molecule has 1 amide bonds. The van der Waals surface area contributed by atoms with Crippen LogP contribution in [0.3, 0.4) is 0 Å². The first-order chi connectivity index (χ1) is 7.66. The molecule has 2 fully saturated rings. The molecular formula is C12H23N3O. The van der Waals surface area contributed by atoms with Gasteiger partial charge in [0.05, 0.1) is 0 Å². The molecule has 0 bridgehead atoms. The number of carbonyl (C=O) groups excluding carboxylic acids is 1. The van der Waals surface area contributed by atoms with Gasteiger partial charge in [-0.25, -0.2) is 0 Å². The van der Waals surface area contributed by atoms with Gasteiger partial charge in [-0.15, -0.1) is 0 Å². The fourth-order valence-electron chi connectivity index (χ4n) is 2.74. The Labute approximate surface area is 97.8 Å². The summed E-state index contributed by atoms with van der Waals surface area (Å²) in [5, 5.41) is 0. The minimum atomic E-state index is 0.201. The van der Waals surface area contributed by atoms with Crippen LogP contribution in [0, 0.1) is 5.92 Å². The first-order valence-corrected chi connectivity index (χ1v) is 6.39. The van der Waals surface area contributed by atoms with Crippen LogP contribution in [0.4, 0.5) is 0 Å². The topological polar surface area (TPSA) is 49.6 Å². The Morgan fingerprint density at radius 1 is 1.19 bits per heavy atom. The number of nitrogens with two attached hydrogens (primary N) is 1. The molecule has 2 atom stereocenters. The average molecular weight is 225 g/mol. The Morgan fingerprint density at radius 2 is 1.88 bits per heavy atom. The van der Waals surface area contributed by atoms with E-state index in [1.165, 1.54) is 0 Å². The number of likely N-dealkylation sites (N-methyl/N-ethyl adjacent to an activating group) is 1. The molecule has 2 rings (SSSR count). The molecule has 1 saturated carbocycles. The highest BCUT2D eigenvalue weighted by Crippen LogP contribution is 2.25. The van der Waals surface area contributed by atoms with E-state index in [1.807, 2.05) is 4.90 Å². The Hall–Kier alpha value is -0.610. The second kappa shape index (κ2) is 5.15. The van der Waals surface area contributed by atoms with Crippen molar-refractivity contribution in [3.63, 3.8) is 0 Å². The lowest BCUT2D eigenvalue weighted by molar-refractivity contribution is -0.138. The predicted molar refractivity (Wildman–Crippen MR) is 64.0 cm³/mol. The van der Waals surface area contributed by atoms with Crippen molar-refractivity contribution in [2.24, 2.45) is 11.7 Å². The third-order valence-corrected chi connectivity index (χ3v) is 3.88. The molecule has 1 aliphatic carbocycles. The van der Waals surface area contributed by atoms with Crippen LogP contribution in [-0.2, 0) is 4.79 Å². The molecule has 1 saturated heterocycles. The number of rotatable bonds is 1. The van der Waals surface area contributed by atoms with E-state index in [9.17, 15) is 4.79 Å². The summed E-state index contributed by atoms with van der Waals surface area (Å²) in [6.45, 7) is 3.79. The van der Waals surface area contributed by atoms with Crippen LogP contribution in [0.1, 0.15) is 25.7 Å². The molecule has 16 heavy (non-hydrogen) atoms. The third kappa shape index (κ3) is 2.74. The average Bonchev–Trinajstić information content (AvgIpc) is 2.29. The van der Waals surface area contributed by atoms with Crippen molar-refractivity contribution in [2.45, 2.75) is 31.7 Å². The van der Waals surface area contributed by atoms with Gasteiger partial charge in [0.15, 0.2) is 0 Å². The smallest absolute Gasteiger partial charge is 0.225 e. The molecule has 2 aliphatic rings. The van der Waals surface area contributed by atoms with Crippen LogP contribution in [0.5, 0.6) is 0 Å². The van der Waals surface area contributed by atoms with E-state index in [-0.39, 0.29) is 12.0 Å². The number of hydrogen-bond donors (Lipinski definition) is 1. The summed E-state index contributed by atoms with van der Waals surface area (Å²) in [5.41, 5.74) is 5.94. The fourth-order valence-corrected chi connectivity index (χ4v) is 2.74. The molecule has 0 radical (unpaired) electrons. The maximum absolute atomic E-state index is 12.3. The summed E-state index contributed by atoms with van der Waals surface area (Å²) in [6.07, 6.45) is 4.14. The van der Waals surface area contributed by atoms with Crippen LogP contribution < -0.4 is 5.73 Å². The highest BCUT2D eigenvalue weighted by molar-refractivity contribution is 5.79. The van der Waals surface area contributed by atoms with E-state index in [1.54, 1.807) is 0 Å². The van der Waals surface area contributed by atoms with Crippen molar-refractivity contribution in [3.05, 3.63) is 0 Å². The van der Waals surface area contributed by atoms with Gasteiger partial charge in [0.25, 0.3) is 0 Å². The van der Waals surface area contributed by atoms with Crippen molar-refractivity contribution in [3.8, 4) is 0 Å². The minimum absolute atomic E-state index is 0.201. The Bertz CT molecular complexity index is 249. The molecule has 0 spiro atoms. The van der Waals surface area contributed by atoms with Crippen LogP contribution in [0.25, 0.3) is 0 Å². The molecule has 1 heterocycles. The van der Waals surface area contributed by atoms with Gasteiger partial charge in [-0.05, 0) is 26.3 Å². The summed E-state index contributed by atoms with van der Waals surface area (Å²) < 4.78 is 0. The molecule has 92 valence electrons. The lowest BCUT2D eigenvalue weighted by Gasteiger charge is -2.36. The highest BCUT2D eigenvalue weighted by atomic mass is 16.2. The van der Waals surface area contributed by atoms with Crippen LogP contribution >= 0.6 is 0 Å². The van der Waals surface area contributed by atoms with Gasteiger partial charge in [-0.2, -0.15) is 0 Å². The lowest BCUT2D eigenvalue weighted by atomic mass is 9.85. The summed E-state index contributed by atoms with van der Waals surface area (Å²) in [5.74, 6) is 0.551. The van der Waals surface area contributed by atoms with E-state index < -0.39 is 0 Å². The van der Waals surface area contributed by atoms with Crippen molar-refractivity contribution in [2.75, 3.05) is 33.2 Å². The van der Waals surface area contributed by atoms with E-state index in [2.05, 4.69) is 11.9 Å². The van der Waals surface area contributed by atoms with Crippen molar-refractivity contribution >= 4 is 5.91 Å². The van der Waals surface area contributed by atoms with Crippen LogP contribution in [-0.4, -0.2) is 55.0 Å². The van der Waals surface area contributed by atoms with E-state index >= 15 is 0 Å². The summed E-state index contributed by atoms with van der Waals surface area (Å²) in [4.78, 5) is 16.6. The number of amides is 1. The number of carbonyl (C=O) groups is 1. The van der Waals surface area contributed by atoms with Gasteiger partial charge in [-0.1, -0.05) is 6.42 Å².